The highest BCUT2D eigenvalue weighted by molar-refractivity contribution is 5.76. The number of ether oxygens (including phenoxy) is 1. The molecule has 1 aliphatic heterocycles. The molecule has 0 saturated carbocycles. The van der Waals surface area contributed by atoms with Gasteiger partial charge in [-0.25, -0.2) is 0 Å². The largest absolute Gasteiger partial charge is 0.377 e. The minimum Gasteiger partial charge on any atom is -0.377 e. The van der Waals surface area contributed by atoms with Crippen molar-refractivity contribution in [2.24, 2.45) is 5.73 Å². The van der Waals surface area contributed by atoms with Gasteiger partial charge in [0.1, 0.15) is 0 Å². The van der Waals surface area contributed by atoms with Gasteiger partial charge in [0.15, 0.2) is 0 Å². The van der Waals surface area contributed by atoms with Crippen LogP contribution in [0.4, 0.5) is 0 Å². The summed E-state index contributed by atoms with van der Waals surface area (Å²) in [5.41, 5.74) is 5.59. The van der Waals surface area contributed by atoms with Crippen LogP contribution in [0.5, 0.6) is 0 Å². The first-order valence-corrected chi connectivity index (χ1v) is 6.84. The summed E-state index contributed by atoms with van der Waals surface area (Å²) in [6, 6.07) is 0.502. The summed E-state index contributed by atoms with van der Waals surface area (Å²) in [5, 5.41) is 0. The maximum Gasteiger partial charge on any atom is 0.225 e. The van der Waals surface area contributed by atoms with Crippen molar-refractivity contribution in [3.05, 3.63) is 0 Å². The van der Waals surface area contributed by atoms with Gasteiger partial charge in [0.25, 0.3) is 0 Å². The maximum atomic E-state index is 12.1. The first kappa shape index (κ1) is 15.4. The van der Waals surface area contributed by atoms with E-state index in [1.165, 1.54) is 12.8 Å². The van der Waals surface area contributed by atoms with E-state index in [0.717, 1.165) is 13.1 Å². The Balaban J connectivity index is 2.35. The SMILES string of the molecule is CCOC(CN)CC(=O)N(C)CC1CCCN1C. The molecular formula is C13H27N3O2. The second kappa shape index (κ2) is 7.71. The Morgan fingerprint density at radius 2 is 2.33 bits per heavy atom. The zero-order valence-electron chi connectivity index (χ0n) is 11.9. The molecule has 1 amide bonds. The molecule has 1 fully saturated rings. The highest BCUT2D eigenvalue weighted by Gasteiger charge is 2.24. The van der Waals surface area contributed by atoms with E-state index < -0.39 is 0 Å². The topological polar surface area (TPSA) is 58.8 Å². The van der Waals surface area contributed by atoms with Crippen molar-refractivity contribution in [3.63, 3.8) is 0 Å². The second-order valence-corrected chi connectivity index (χ2v) is 5.07. The summed E-state index contributed by atoms with van der Waals surface area (Å²) in [4.78, 5) is 16.2. The summed E-state index contributed by atoms with van der Waals surface area (Å²) in [6.45, 7) is 4.86. The molecule has 0 aromatic rings. The van der Waals surface area contributed by atoms with Crippen LogP contribution in [0.15, 0.2) is 0 Å². The van der Waals surface area contributed by atoms with E-state index in [1.807, 2.05) is 18.9 Å². The predicted octanol–water partition coefficient (Wildman–Crippen LogP) is 0.293. The summed E-state index contributed by atoms with van der Waals surface area (Å²) >= 11 is 0. The van der Waals surface area contributed by atoms with Crippen molar-refractivity contribution >= 4 is 5.91 Å². The number of hydrogen-bond acceptors (Lipinski definition) is 4. The number of likely N-dealkylation sites (N-methyl/N-ethyl adjacent to an activating group) is 2. The van der Waals surface area contributed by atoms with Crippen LogP contribution in [0.25, 0.3) is 0 Å². The van der Waals surface area contributed by atoms with Crippen LogP contribution in [0.2, 0.25) is 0 Å². The number of nitrogens with zero attached hydrogens (tertiary/aromatic N) is 2. The van der Waals surface area contributed by atoms with E-state index >= 15 is 0 Å². The van der Waals surface area contributed by atoms with E-state index in [-0.39, 0.29) is 12.0 Å². The quantitative estimate of drug-likeness (QED) is 0.712. The number of rotatable bonds is 7. The minimum absolute atomic E-state index is 0.124. The van der Waals surface area contributed by atoms with E-state index in [9.17, 15) is 4.79 Å². The maximum absolute atomic E-state index is 12.1. The molecular weight excluding hydrogens is 230 g/mol. The standard InChI is InChI=1S/C13H27N3O2/c1-4-18-12(9-14)8-13(17)16(3)10-11-6-5-7-15(11)2/h11-12H,4-10,14H2,1-3H3. The number of nitrogens with two attached hydrogens (primary N) is 1. The first-order chi connectivity index (χ1) is 8.58. The van der Waals surface area contributed by atoms with E-state index in [0.29, 0.717) is 25.6 Å². The Kier molecular flexibility index (Phi) is 6.60. The molecule has 2 unspecified atom stereocenters. The molecule has 2 atom stereocenters. The Labute approximate surface area is 110 Å². The van der Waals surface area contributed by atoms with Gasteiger partial charge in [-0.2, -0.15) is 0 Å². The fraction of sp³-hybridized carbons (Fsp3) is 0.923. The highest BCUT2D eigenvalue weighted by Crippen LogP contribution is 2.15. The monoisotopic (exact) mass is 257 g/mol. The summed E-state index contributed by atoms with van der Waals surface area (Å²) in [7, 11) is 3.99. The van der Waals surface area contributed by atoms with Crippen molar-refractivity contribution in [1.82, 2.24) is 9.80 Å². The van der Waals surface area contributed by atoms with Gasteiger partial charge in [-0.15, -0.1) is 0 Å². The van der Waals surface area contributed by atoms with Crippen LogP contribution < -0.4 is 5.73 Å². The zero-order valence-corrected chi connectivity index (χ0v) is 11.9. The normalized spacial score (nSPS) is 22.1. The van der Waals surface area contributed by atoms with Gasteiger partial charge in [0.05, 0.1) is 12.5 Å². The van der Waals surface area contributed by atoms with Crippen LogP contribution in [0.1, 0.15) is 26.2 Å². The molecule has 0 radical (unpaired) electrons. The van der Waals surface area contributed by atoms with Crippen molar-refractivity contribution in [2.75, 3.05) is 40.3 Å². The van der Waals surface area contributed by atoms with Gasteiger partial charge in [0, 0.05) is 32.8 Å². The summed E-state index contributed by atoms with van der Waals surface area (Å²) in [6.07, 6.45) is 2.65. The molecule has 0 aromatic carbocycles. The Bertz CT molecular complexity index is 261. The lowest BCUT2D eigenvalue weighted by molar-refractivity contribution is -0.133. The minimum atomic E-state index is -0.147. The highest BCUT2D eigenvalue weighted by atomic mass is 16.5. The van der Waals surface area contributed by atoms with Crippen LogP contribution in [0, 0.1) is 0 Å². The molecule has 1 saturated heterocycles. The molecule has 0 bridgehead atoms. The molecule has 0 spiro atoms. The average Bonchev–Trinajstić information content (AvgIpc) is 2.74. The number of hydrogen-bond donors (Lipinski definition) is 1. The Hall–Kier alpha value is -0.650. The molecule has 5 heteroatoms. The zero-order chi connectivity index (χ0) is 13.5. The average molecular weight is 257 g/mol. The molecule has 0 aromatic heterocycles. The van der Waals surface area contributed by atoms with Gasteiger partial charge in [-0.1, -0.05) is 0 Å². The number of amides is 1. The molecule has 1 heterocycles. The van der Waals surface area contributed by atoms with Crippen LogP contribution in [0.3, 0.4) is 0 Å². The van der Waals surface area contributed by atoms with Gasteiger partial charge in [0.2, 0.25) is 5.91 Å². The summed E-state index contributed by atoms with van der Waals surface area (Å²) in [5.74, 6) is 0.124. The van der Waals surface area contributed by atoms with Crippen molar-refractivity contribution in [3.8, 4) is 0 Å². The number of likely N-dealkylation sites (tertiary alicyclic amines) is 1. The van der Waals surface area contributed by atoms with Crippen molar-refractivity contribution < 1.29 is 9.53 Å². The van der Waals surface area contributed by atoms with Gasteiger partial charge >= 0.3 is 0 Å². The van der Waals surface area contributed by atoms with Crippen molar-refractivity contribution in [1.29, 1.82) is 0 Å². The third-order valence-electron chi connectivity index (χ3n) is 3.65. The van der Waals surface area contributed by atoms with E-state index in [2.05, 4.69) is 11.9 Å². The molecule has 2 N–H and O–H groups in total. The number of carbonyl (C=O) groups excluding carboxylic acids is 1. The lowest BCUT2D eigenvalue weighted by Gasteiger charge is -2.27. The smallest absolute Gasteiger partial charge is 0.225 e. The van der Waals surface area contributed by atoms with Crippen LogP contribution in [-0.4, -0.2) is 68.2 Å². The summed E-state index contributed by atoms with van der Waals surface area (Å²) < 4.78 is 5.42. The third kappa shape index (κ3) is 4.55. The van der Waals surface area contributed by atoms with E-state index in [4.69, 9.17) is 10.5 Å². The lowest BCUT2D eigenvalue weighted by Crippen LogP contribution is -2.41. The van der Waals surface area contributed by atoms with Gasteiger partial charge in [-0.05, 0) is 33.4 Å². The van der Waals surface area contributed by atoms with Gasteiger partial charge in [-0.3, -0.25) is 4.79 Å². The fourth-order valence-electron chi connectivity index (χ4n) is 2.42. The van der Waals surface area contributed by atoms with E-state index in [1.54, 1.807) is 0 Å². The lowest BCUT2D eigenvalue weighted by atomic mass is 10.2. The van der Waals surface area contributed by atoms with Crippen LogP contribution in [-0.2, 0) is 9.53 Å². The Morgan fingerprint density at radius 3 is 2.83 bits per heavy atom. The predicted molar refractivity (Wildman–Crippen MR) is 72.4 cm³/mol. The fourth-order valence-corrected chi connectivity index (χ4v) is 2.42. The molecule has 18 heavy (non-hydrogen) atoms. The molecule has 1 aliphatic rings. The second-order valence-electron chi connectivity index (χ2n) is 5.07. The van der Waals surface area contributed by atoms with Crippen molar-refractivity contribution in [2.45, 2.75) is 38.3 Å². The first-order valence-electron chi connectivity index (χ1n) is 6.84. The Morgan fingerprint density at radius 1 is 1.61 bits per heavy atom. The molecule has 1 rings (SSSR count). The number of carbonyl (C=O) groups is 1. The molecule has 5 nitrogen and oxygen atoms in total. The third-order valence-corrected chi connectivity index (χ3v) is 3.65. The van der Waals surface area contributed by atoms with Crippen LogP contribution >= 0.6 is 0 Å². The van der Waals surface area contributed by atoms with Gasteiger partial charge < -0.3 is 20.3 Å². The molecule has 106 valence electrons. The molecule has 0 aliphatic carbocycles.